The van der Waals surface area contributed by atoms with Gasteiger partial charge in [0.25, 0.3) is 0 Å². The molecule has 1 atom stereocenters. The molecule has 2 aromatic heterocycles. The Hall–Kier alpha value is -1.13. The van der Waals surface area contributed by atoms with Crippen LogP contribution in [0.4, 0.5) is 0 Å². The van der Waals surface area contributed by atoms with E-state index in [0.717, 1.165) is 18.2 Å². The average Bonchev–Trinajstić information content (AvgIpc) is 2.93. The molecule has 0 saturated carbocycles. The lowest BCUT2D eigenvalue weighted by Crippen LogP contribution is -2.17. The van der Waals surface area contributed by atoms with E-state index in [2.05, 4.69) is 50.1 Å². The maximum Gasteiger partial charge on any atom is 0.211 e. The van der Waals surface area contributed by atoms with E-state index in [-0.39, 0.29) is 11.5 Å². The van der Waals surface area contributed by atoms with Crippen molar-refractivity contribution in [2.24, 2.45) is 0 Å². The molecule has 0 aliphatic rings. The first kappa shape index (κ1) is 14.3. The SMILES string of the molecule is Cc1cnc(C(C)NCc2ccc(C(C)(C)C)s2)o1. The molecule has 19 heavy (non-hydrogen) atoms. The number of nitrogens with one attached hydrogen (secondary N) is 1. The third kappa shape index (κ3) is 3.67. The van der Waals surface area contributed by atoms with Gasteiger partial charge < -0.3 is 9.73 Å². The first-order valence-corrected chi connectivity index (χ1v) is 7.43. The summed E-state index contributed by atoms with van der Waals surface area (Å²) in [6.45, 7) is 11.6. The molecule has 1 unspecified atom stereocenters. The molecule has 0 aliphatic heterocycles. The summed E-state index contributed by atoms with van der Waals surface area (Å²) < 4.78 is 5.52. The van der Waals surface area contributed by atoms with Gasteiger partial charge in [-0.2, -0.15) is 0 Å². The van der Waals surface area contributed by atoms with Gasteiger partial charge in [-0.25, -0.2) is 4.98 Å². The molecule has 0 saturated heterocycles. The number of thiophene rings is 1. The van der Waals surface area contributed by atoms with Crippen molar-refractivity contribution < 1.29 is 4.42 Å². The quantitative estimate of drug-likeness (QED) is 0.911. The number of aromatic nitrogens is 1. The van der Waals surface area contributed by atoms with Crippen LogP contribution in [0.3, 0.4) is 0 Å². The van der Waals surface area contributed by atoms with Crippen LogP contribution >= 0.6 is 11.3 Å². The molecule has 0 aromatic carbocycles. The lowest BCUT2D eigenvalue weighted by molar-refractivity contribution is 0.403. The highest BCUT2D eigenvalue weighted by molar-refractivity contribution is 7.12. The van der Waals surface area contributed by atoms with Crippen LogP contribution in [0.15, 0.2) is 22.7 Å². The van der Waals surface area contributed by atoms with Crippen molar-refractivity contribution in [3.05, 3.63) is 39.7 Å². The van der Waals surface area contributed by atoms with Gasteiger partial charge in [-0.15, -0.1) is 11.3 Å². The van der Waals surface area contributed by atoms with Crippen molar-refractivity contribution >= 4 is 11.3 Å². The molecule has 0 aliphatic carbocycles. The van der Waals surface area contributed by atoms with Crippen molar-refractivity contribution in [2.45, 2.75) is 52.6 Å². The highest BCUT2D eigenvalue weighted by Crippen LogP contribution is 2.29. The minimum atomic E-state index is 0.133. The summed E-state index contributed by atoms with van der Waals surface area (Å²) in [6, 6.07) is 4.56. The van der Waals surface area contributed by atoms with Crippen molar-refractivity contribution in [1.82, 2.24) is 10.3 Å². The van der Waals surface area contributed by atoms with E-state index in [1.54, 1.807) is 6.20 Å². The molecular formula is C15H22N2OS. The molecule has 3 nitrogen and oxygen atoms in total. The fraction of sp³-hybridized carbons (Fsp3) is 0.533. The molecule has 2 rings (SSSR count). The molecular weight excluding hydrogens is 256 g/mol. The van der Waals surface area contributed by atoms with Gasteiger partial charge in [0.05, 0.1) is 12.2 Å². The predicted molar refractivity (Wildman–Crippen MR) is 79.5 cm³/mol. The lowest BCUT2D eigenvalue weighted by atomic mass is 9.95. The number of oxazole rings is 1. The van der Waals surface area contributed by atoms with Gasteiger partial charge in [-0.05, 0) is 31.4 Å². The molecule has 2 heterocycles. The van der Waals surface area contributed by atoms with Crippen LogP contribution in [-0.2, 0) is 12.0 Å². The second-order valence-corrected chi connectivity index (χ2v) is 7.10. The fourth-order valence-corrected chi connectivity index (χ4v) is 2.81. The van der Waals surface area contributed by atoms with Crippen LogP contribution in [0.2, 0.25) is 0 Å². The Morgan fingerprint density at radius 3 is 2.63 bits per heavy atom. The Kier molecular flexibility index (Phi) is 4.11. The highest BCUT2D eigenvalue weighted by atomic mass is 32.1. The Morgan fingerprint density at radius 2 is 2.11 bits per heavy atom. The van der Waals surface area contributed by atoms with Crippen LogP contribution in [-0.4, -0.2) is 4.98 Å². The van der Waals surface area contributed by atoms with E-state index in [1.807, 2.05) is 18.3 Å². The number of rotatable bonds is 4. The summed E-state index contributed by atoms with van der Waals surface area (Å²) in [7, 11) is 0. The van der Waals surface area contributed by atoms with Crippen molar-refractivity contribution in [3.63, 3.8) is 0 Å². The molecule has 104 valence electrons. The summed E-state index contributed by atoms with van der Waals surface area (Å²) in [5, 5.41) is 3.45. The van der Waals surface area contributed by atoms with E-state index in [1.165, 1.54) is 9.75 Å². The third-order valence-electron chi connectivity index (χ3n) is 2.99. The normalized spacial score (nSPS) is 13.7. The molecule has 1 N–H and O–H groups in total. The van der Waals surface area contributed by atoms with E-state index in [0.29, 0.717) is 0 Å². The Balaban J connectivity index is 1.94. The van der Waals surface area contributed by atoms with Crippen LogP contribution in [0.25, 0.3) is 0 Å². The largest absolute Gasteiger partial charge is 0.444 e. The van der Waals surface area contributed by atoms with Crippen molar-refractivity contribution in [2.75, 3.05) is 0 Å². The third-order valence-corrected chi connectivity index (χ3v) is 4.50. The number of hydrogen-bond acceptors (Lipinski definition) is 4. The second-order valence-electron chi connectivity index (χ2n) is 5.93. The molecule has 0 fully saturated rings. The summed E-state index contributed by atoms with van der Waals surface area (Å²) in [4.78, 5) is 7.01. The summed E-state index contributed by atoms with van der Waals surface area (Å²) in [6.07, 6.45) is 1.76. The van der Waals surface area contributed by atoms with E-state index >= 15 is 0 Å². The fourth-order valence-electron chi connectivity index (χ4n) is 1.79. The number of nitrogens with zero attached hydrogens (tertiary/aromatic N) is 1. The van der Waals surface area contributed by atoms with Gasteiger partial charge >= 0.3 is 0 Å². The predicted octanol–water partition coefficient (Wildman–Crippen LogP) is 4.19. The first-order chi connectivity index (χ1) is 8.86. The highest BCUT2D eigenvalue weighted by Gasteiger charge is 2.16. The minimum Gasteiger partial charge on any atom is -0.444 e. The second kappa shape index (κ2) is 5.47. The Morgan fingerprint density at radius 1 is 1.37 bits per heavy atom. The summed E-state index contributed by atoms with van der Waals surface area (Å²) in [5.41, 5.74) is 0.230. The molecule has 0 spiro atoms. The van der Waals surface area contributed by atoms with Crippen molar-refractivity contribution in [1.29, 1.82) is 0 Å². The van der Waals surface area contributed by atoms with Crippen LogP contribution in [0.5, 0.6) is 0 Å². The van der Waals surface area contributed by atoms with Gasteiger partial charge in [-0.3, -0.25) is 0 Å². The molecule has 2 aromatic rings. The van der Waals surface area contributed by atoms with E-state index < -0.39 is 0 Å². The van der Waals surface area contributed by atoms with Gasteiger partial charge in [0.1, 0.15) is 5.76 Å². The van der Waals surface area contributed by atoms with Gasteiger partial charge in [-0.1, -0.05) is 20.8 Å². The summed E-state index contributed by atoms with van der Waals surface area (Å²) in [5.74, 6) is 1.61. The Bertz CT molecular complexity index is 536. The molecule has 0 radical (unpaired) electrons. The van der Waals surface area contributed by atoms with Crippen LogP contribution in [0, 0.1) is 6.92 Å². The first-order valence-electron chi connectivity index (χ1n) is 6.61. The van der Waals surface area contributed by atoms with Crippen LogP contribution in [0.1, 0.15) is 55.1 Å². The number of hydrogen-bond donors (Lipinski definition) is 1. The Labute approximate surface area is 119 Å². The maximum atomic E-state index is 5.52. The van der Waals surface area contributed by atoms with Gasteiger partial charge in [0.15, 0.2) is 0 Å². The average molecular weight is 278 g/mol. The topological polar surface area (TPSA) is 38.1 Å². The molecule has 4 heteroatoms. The zero-order valence-corrected chi connectivity index (χ0v) is 13.1. The minimum absolute atomic E-state index is 0.133. The number of aryl methyl sites for hydroxylation is 1. The molecule has 0 amide bonds. The lowest BCUT2D eigenvalue weighted by Gasteiger charge is -2.15. The van der Waals surface area contributed by atoms with Gasteiger partial charge in [0.2, 0.25) is 5.89 Å². The zero-order valence-electron chi connectivity index (χ0n) is 12.3. The molecule has 0 bridgehead atoms. The smallest absolute Gasteiger partial charge is 0.211 e. The standard InChI is InChI=1S/C15H22N2OS/c1-10-8-17-14(18-10)11(2)16-9-12-6-7-13(19-12)15(3,4)5/h6-8,11,16H,9H2,1-5H3. The van der Waals surface area contributed by atoms with E-state index in [4.69, 9.17) is 4.42 Å². The maximum absolute atomic E-state index is 5.52. The van der Waals surface area contributed by atoms with Crippen LogP contribution < -0.4 is 5.32 Å². The van der Waals surface area contributed by atoms with E-state index in [9.17, 15) is 0 Å². The van der Waals surface area contributed by atoms with Crippen molar-refractivity contribution in [3.8, 4) is 0 Å². The van der Waals surface area contributed by atoms with Gasteiger partial charge in [0, 0.05) is 16.3 Å². The monoisotopic (exact) mass is 278 g/mol. The zero-order chi connectivity index (χ0) is 14.0. The summed E-state index contributed by atoms with van der Waals surface area (Å²) >= 11 is 1.87.